The lowest BCUT2D eigenvalue weighted by molar-refractivity contribution is 0.771. The molecule has 0 fully saturated rings. The maximum atomic E-state index is 4.46. The van der Waals surface area contributed by atoms with E-state index in [1.165, 1.54) is 21.6 Å². The van der Waals surface area contributed by atoms with Crippen LogP contribution in [0.1, 0.15) is 16.7 Å². The number of anilines is 1. The Morgan fingerprint density at radius 1 is 0.957 bits per heavy atom. The topological polar surface area (TPSA) is 29.9 Å². The molecule has 0 aliphatic carbocycles. The molecule has 3 rings (SSSR count). The van der Waals surface area contributed by atoms with Crippen molar-refractivity contribution in [3.8, 4) is 11.3 Å². The number of nitrogens with zero attached hydrogens (tertiary/aromatic N) is 2. The van der Waals surface area contributed by atoms with E-state index in [9.17, 15) is 0 Å². The van der Waals surface area contributed by atoms with Gasteiger partial charge in [0.2, 0.25) is 0 Å². The molecule has 1 N–H and O–H groups in total. The molecule has 2 aromatic carbocycles. The van der Waals surface area contributed by atoms with E-state index in [4.69, 9.17) is 0 Å². The monoisotopic (exact) mass is 323 g/mol. The van der Waals surface area contributed by atoms with Gasteiger partial charge in [0, 0.05) is 29.4 Å². The molecular weight excluding hydrogens is 302 g/mol. The fourth-order valence-corrected chi connectivity index (χ4v) is 3.28. The molecule has 0 aliphatic heterocycles. The lowest BCUT2D eigenvalue weighted by Crippen LogP contribution is -1.92. The van der Waals surface area contributed by atoms with Gasteiger partial charge in [-0.05, 0) is 73.7 Å². The maximum absolute atomic E-state index is 4.46. The van der Waals surface area contributed by atoms with Crippen LogP contribution in [0, 0.1) is 20.8 Å². The molecular formula is C19H21N3S. The zero-order valence-corrected chi connectivity index (χ0v) is 14.7. The number of hydrogen-bond acceptors (Lipinski definition) is 3. The fraction of sp³-hybridized carbons (Fsp3) is 0.211. The molecule has 0 saturated heterocycles. The summed E-state index contributed by atoms with van der Waals surface area (Å²) in [6, 6.07) is 14.9. The zero-order chi connectivity index (χ0) is 16.4. The van der Waals surface area contributed by atoms with E-state index in [1.807, 2.05) is 24.0 Å². The molecule has 3 aromatic rings. The minimum atomic E-state index is 0.989. The Bertz CT molecular complexity index is 836. The summed E-state index contributed by atoms with van der Waals surface area (Å²) in [5.74, 6) is 0. The molecule has 1 heterocycles. The second-order valence-electron chi connectivity index (χ2n) is 5.86. The highest BCUT2D eigenvalue weighted by atomic mass is 32.2. The summed E-state index contributed by atoms with van der Waals surface area (Å²) in [6.07, 6.45) is 1.96. The highest BCUT2D eigenvalue weighted by Gasteiger charge is 2.05. The van der Waals surface area contributed by atoms with Crippen LogP contribution in [0.15, 0.2) is 53.6 Å². The first kappa shape index (κ1) is 15.7. The summed E-state index contributed by atoms with van der Waals surface area (Å²) in [6.45, 7) is 6.46. The number of aromatic nitrogens is 2. The Hall–Kier alpha value is -2.20. The van der Waals surface area contributed by atoms with E-state index in [1.54, 1.807) is 11.9 Å². The van der Waals surface area contributed by atoms with Crippen LogP contribution in [0.5, 0.6) is 0 Å². The smallest absolute Gasteiger partial charge is 0.0923 e. The van der Waals surface area contributed by atoms with Crippen LogP contribution in [-0.4, -0.2) is 9.78 Å². The van der Waals surface area contributed by atoms with Crippen molar-refractivity contribution in [2.75, 3.05) is 4.72 Å². The van der Waals surface area contributed by atoms with Gasteiger partial charge in [0.1, 0.15) is 0 Å². The van der Waals surface area contributed by atoms with Crippen LogP contribution in [0.25, 0.3) is 11.3 Å². The largest absolute Gasteiger partial charge is 0.326 e. The first-order valence-electron chi connectivity index (χ1n) is 7.64. The van der Waals surface area contributed by atoms with Gasteiger partial charge < -0.3 is 4.72 Å². The number of nitrogens with one attached hydrogen (secondary N) is 1. The van der Waals surface area contributed by atoms with Crippen LogP contribution in [0.4, 0.5) is 5.69 Å². The van der Waals surface area contributed by atoms with Crippen LogP contribution < -0.4 is 4.72 Å². The van der Waals surface area contributed by atoms with Crippen LogP contribution >= 0.6 is 11.9 Å². The van der Waals surface area contributed by atoms with Crippen molar-refractivity contribution in [1.29, 1.82) is 0 Å². The normalized spacial score (nSPS) is 10.8. The summed E-state index contributed by atoms with van der Waals surface area (Å²) >= 11 is 1.66. The Morgan fingerprint density at radius 3 is 2.48 bits per heavy atom. The van der Waals surface area contributed by atoms with Crippen molar-refractivity contribution in [3.63, 3.8) is 0 Å². The minimum Gasteiger partial charge on any atom is -0.326 e. The van der Waals surface area contributed by atoms with Crippen LogP contribution in [0.2, 0.25) is 0 Å². The molecule has 118 valence electrons. The Kier molecular flexibility index (Phi) is 4.44. The van der Waals surface area contributed by atoms with Gasteiger partial charge in [-0.2, -0.15) is 5.10 Å². The van der Waals surface area contributed by atoms with E-state index in [-0.39, 0.29) is 0 Å². The summed E-state index contributed by atoms with van der Waals surface area (Å²) < 4.78 is 5.27. The van der Waals surface area contributed by atoms with Gasteiger partial charge >= 0.3 is 0 Å². The lowest BCUT2D eigenvalue weighted by atomic mass is 10.1. The molecule has 0 atom stereocenters. The third-order valence-corrected chi connectivity index (χ3v) is 4.94. The molecule has 0 aliphatic rings. The molecule has 0 radical (unpaired) electrons. The van der Waals surface area contributed by atoms with E-state index in [0.717, 1.165) is 16.9 Å². The second-order valence-corrected chi connectivity index (χ2v) is 6.71. The predicted molar refractivity (Wildman–Crippen MR) is 98.8 cm³/mol. The summed E-state index contributed by atoms with van der Waals surface area (Å²) in [5.41, 5.74) is 7.14. The van der Waals surface area contributed by atoms with Crippen LogP contribution in [0.3, 0.4) is 0 Å². The number of hydrogen-bond donors (Lipinski definition) is 1. The molecule has 0 spiro atoms. The quantitative estimate of drug-likeness (QED) is 0.675. The first-order valence-corrected chi connectivity index (χ1v) is 8.45. The molecule has 0 saturated carbocycles. The number of rotatable bonds is 4. The third-order valence-electron chi connectivity index (χ3n) is 3.94. The van der Waals surface area contributed by atoms with Gasteiger partial charge in [-0.1, -0.05) is 18.2 Å². The Morgan fingerprint density at radius 2 is 1.74 bits per heavy atom. The summed E-state index contributed by atoms with van der Waals surface area (Å²) in [5, 5.41) is 4.46. The van der Waals surface area contributed by atoms with Crippen molar-refractivity contribution in [1.82, 2.24) is 9.78 Å². The van der Waals surface area contributed by atoms with Crippen molar-refractivity contribution in [3.05, 3.63) is 65.4 Å². The highest BCUT2D eigenvalue weighted by Crippen LogP contribution is 2.28. The Balaban J connectivity index is 1.78. The van der Waals surface area contributed by atoms with Gasteiger partial charge in [0.25, 0.3) is 0 Å². The molecule has 0 amide bonds. The zero-order valence-electron chi connectivity index (χ0n) is 13.9. The van der Waals surface area contributed by atoms with E-state index < -0.39 is 0 Å². The van der Waals surface area contributed by atoms with Gasteiger partial charge in [-0.25, -0.2) is 0 Å². The average Bonchev–Trinajstić information content (AvgIpc) is 2.96. The van der Waals surface area contributed by atoms with Crippen molar-refractivity contribution >= 4 is 17.6 Å². The van der Waals surface area contributed by atoms with Gasteiger partial charge in [-0.3, -0.25) is 4.68 Å². The predicted octanol–water partition coefficient (Wildman–Crippen LogP) is 5.13. The first-order chi connectivity index (χ1) is 11.0. The average molecular weight is 323 g/mol. The van der Waals surface area contributed by atoms with Crippen molar-refractivity contribution in [2.24, 2.45) is 7.05 Å². The lowest BCUT2D eigenvalue weighted by Gasteiger charge is -2.11. The maximum Gasteiger partial charge on any atom is 0.0923 e. The van der Waals surface area contributed by atoms with E-state index in [2.05, 4.69) is 67.0 Å². The summed E-state index contributed by atoms with van der Waals surface area (Å²) in [4.78, 5) is 1.26. The highest BCUT2D eigenvalue weighted by molar-refractivity contribution is 8.00. The van der Waals surface area contributed by atoms with Crippen molar-refractivity contribution < 1.29 is 0 Å². The second kappa shape index (κ2) is 6.50. The molecule has 23 heavy (non-hydrogen) atoms. The number of benzene rings is 2. The Labute approximate surface area is 141 Å². The fourth-order valence-electron chi connectivity index (χ4n) is 2.47. The third kappa shape index (κ3) is 3.59. The molecule has 3 nitrogen and oxygen atoms in total. The molecule has 0 bridgehead atoms. The van der Waals surface area contributed by atoms with E-state index in [0.29, 0.717) is 0 Å². The molecule has 1 aromatic heterocycles. The molecule has 0 unspecified atom stereocenters. The number of aryl methyl sites for hydroxylation is 4. The van der Waals surface area contributed by atoms with Crippen LogP contribution in [-0.2, 0) is 7.05 Å². The van der Waals surface area contributed by atoms with Crippen molar-refractivity contribution in [2.45, 2.75) is 25.7 Å². The molecule has 4 heteroatoms. The van der Waals surface area contributed by atoms with E-state index >= 15 is 0 Å². The standard InChI is InChI=1S/C19H21N3S/c1-13-10-15(3)19(11-14(13)2)23-21-17-7-5-6-16(12-17)18-8-9-22(4)20-18/h5-12,21H,1-4H3. The SMILES string of the molecule is Cc1cc(C)c(SNc2cccc(-c3ccn(C)n3)c2)cc1C. The van der Waals surface area contributed by atoms with Gasteiger partial charge in [0.15, 0.2) is 0 Å². The van der Waals surface area contributed by atoms with Gasteiger partial charge in [0.05, 0.1) is 5.69 Å². The summed E-state index contributed by atoms with van der Waals surface area (Å²) in [7, 11) is 1.93. The minimum absolute atomic E-state index is 0.989. The van der Waals surface area contributed by atoms with Gasteiger partial charge in [-0.15, -0.1) is 0 Å².